The van der Waals surface area contributed by atoms with E-state index < -0.39 is 0 Å². The summed E-state index contributed by atoms with van der Waals surface area (Å²) in [4.78, 5) is 0. The van der Waals surface area contributed by atoms with Gasteiger partial charge in [-0.15, -0.1) is 0 Å². The Labute approximate surface area is 112 Å². The zero-order valence-electron chi connectivity index (χ0n) is 10.7. The van der Waals surface area contributed by atoms with E-state index in [0.717, 1.165) is 24.2 Å². The maximum atomic E-state index is 13.4. The van der Waals surface area contributed by atoms with Gasteiger partial charge in [-0.2, -0.15) is 0 Å². The largest absolute Gasteiger partial charge is 0.457 e. The van der Waals surface area contributed by atoms with Gasteiger partial charge in [-0.1, -0.05) is 6.07 Å². The molecule has 0 atom stereocenters. The summed E-state index contributed by atoms with van der Waals surface area (Å²) in [5.74, 6) is 0.937. The van der Waals surface area contributed by atoms with Crippen LogP contribution in [0.2, 0.25) is 0 Å². The summed E-state index contributed by atoms with van der Waals surface area (Å²) in [5.41, 5.74) is 9.00. The predicted octanol–water partition coefficient (Wildman–Crippen LogP) is 3.57. The van der Waals surface area contributed by atoms with E-state index in [-0.39, 0.29) is 5.82 Å². The number of ether oxygens (including phenoxy) is 1. The Balaban J connectivity index is 1.86. The molecule has 19 heavy (non-hydrogen) atoms. The van der Waals surface area contributed by atoms with Crippen LogP contribution in [0.3, 0.4) is 0 Å². The van der Waals surface area contributed by atoms with Crippen molar-refractivity contribution in [2.45, 2.75) is 25.8 Å². The van der Waals surface area contributed by atoms with E-state index >= 15 is 0 Å². The van der Waals surface area contributed by atoms with Crippen molar-refractivity contribution in [1.82, 2.24) is 0 Å². The summed E-state index contributed by atoms with van der Waals surface area (Å²) in [6.45, 7) is 0.304. The minimum Gasteiger partial charge on any atom is -0.457 e. The van der Waals surface area contributed by atoms with Gasteiger partial charge in [0.1, 0.15) is 17.3 Å². The standard InChI is InChI=1S/C16H16FNO/c17-14-6-11(10-18)7-16(9-14)19-15-5-4-12-2-1-3-13(12)8-15/h4-9H,1-3,10,18H2. The highest BCUT2D eigenvalue weighted by Gasteiger charge is 2.11. The van der Waals surface area contributed by atoms with Crippen LogP contribution in [0.5, 0.6) is 11.5 Å². The molecule has 2 aromatic carbocycles. The molecule has 0 spiro atoms. The normalized spacial score (nSPS) is 13.4. The first-order chi connectivity index (χ1) is 9.24. The highest BCUT2D eigenvalue weighted by molar-refractivity contribution is 5.41. The van der Waals surface area contributed by atoms with Gasteiger partial charge in [0.2, 0.25) is 0 Å². The molecule has 2 N–H and O–H groups in total. The second kappa shape index (κ2) is 5.02. The quantitative estimate of drug-likeness (QED) is 0.912. The Hall–Kier alpha value is -1.87. The Morgan fingerprint density at radius 1 is 1.00 bits per heavy atom. The maximum absolute atomic E-state index is 13.4. The third-order valence-corrected chi connectivity index (χ3v) is 3.47. The number of rotatable bonds is 3. The van der Waals surface area contributed by atoms with Crippen molar-refractivity contribution in [3.63, 3.8) is 0 Å². The minimum atomic E-state index is -0.320. The van der Waals surface area contributed by atoms with Crippen LogP contribution >= 0.6 is 0 Å². The molecule has 0 bridgehead atoms. The number of aryl methyl sites for hydroxylation is 2. The number of benzene rings is 2. The number of hydrogen-bond acceptors (Lipinski definition) is 2. The predicted molar refractivity (Wildman–Crippen MR) is 72.8 cm³/mol. The summed E-state index contributed by atoms with van der Waals surface area (Å²) in [6, 6.07) is 10.7. The van der Waals surface area contributed by atoms with Gasteiger partial charge in [-0.05, 0) is 60.2 Å². The molecule has 0 fully saturated rings. The fourth-order valence-electron chi connectivity index (χ4n) is 2.55. The molecule has 0 unspecified atom stereocenters. The Kier molecular flexibility index (Phi) is 3.22. The molecule has 0 saturated carbocycles. The van der Waals surface area contributed by atoms with Crippen molar-refractivity contribution >= 4 is 0 Å². The van der Waals surface area contributed by atoms with Gasteiger partial charge in [0, 0.05) is 12.6 Å². The van der Waals surface area contributed by atoms with Gasteiger partial charge in [-0.3, -0.25) is 0 Å². The number of fused-ring (bicyclic) bond motifs is 1. The fourth-order valence-corrected chi connectivity index (χ4v) is 2.55. The van der Waals surface area contributed by atoms with Gasteiger partial charge in [0.05, 0.1) is 0 Å². The first-order valence-corrected chi connectivity index (χ1v) is 6.54. The lowest BCUT2D eigenvalue weighted by atomic mass is 10.1. The molecular weight excluding hydrogens is 241 g/mol. The molecule has 98 valence electrons. The third kappa shape index (κ3) is 2.61. The van der Waals surface area contributed by atoms with E-state index in [1.165, 1.54) is 29.7 Å². The van der Waals surface area contributed by atoms with Crippen LogP contribution in [-0.2, 0) is 19.4 Å². The van der Waals surface area contributed by atoms with Crippen LogP contribution in [0.25, 0.3) is 0 Å². The molecule has 2 nitrogen and oxygen atoms in total. The molecule has 2 aromatic rings. The minimum absolute atomic E-state index is 0.304. The van der Waals surface area contributed by atoms with Gasteiger partial charge in [0.25, 0.3) is 0 Å². The Morgan fingerprint density at radius 2 is 1.84 bits per heavy atom. The molecular formula is C16H16FNO. The van der Waals surface area contributed by atoms with Gasteiger partial charge in [0.15, 0.2) is 0 Å². The summed E-state index contributed by atoms with van der Waals surface area (Å²) in [6.07, 6.45) is 3.45. The fraction of sp³-hybridized carbons (Fsp3) is 0.250. The van der Waals surface area contributed by atoms with Crippen molar-refractivity contribution < 1.29 is 9.13 Å². The lowest BCUT2D eigenvalue weighted by Crippen LogP contribution is -1.97. The van der Waals surface area contributed by atoms with Gasteiger partial charge < -0.3 is 10.5 Å². The molecule has 3 heteroatoms. The summed E-state index contributed by atoms with van der Waals surface area (Å²) in [7, 11) is 0. The van der Waals surface area contributed by atoms with Crippen LogP contribution in [-0.4, -0.2) is 0 Å². The molecule has 1 aliphatic rings. The van der Waals surface area contributed by atoms with Crippen LogP contribution < -0.4 is 10.5 Å². The highest BCUT2D eigenvalue weighted by Crippen LogP contribution is 2.29. The average molecular weight is 257 g/mol. The topological polar surface area (TPSA) is 35.2 Å². The van der Waals surface area contributed by atoms with E-state index in [1.807, 2.05) is 6.07 Å². The number of halogens is 1. The van der Waals surface area contributed by atoms with Crippen LogP contribution in [0, 0.1) is 5.82 Å². The first kappa shape index (κ1) is 12.2. The van der Waals surface area contributed by atoms with E-state index in [0.29, 0.717) is 12.3 Å². The number of hydrogen-bond donors (Lipinski definition) is 1. The monoisotopic (exact) mass is 257 g/mol. The van der Waals surface area contributed by atoms with Gasteiger partial charge >= 0.3 is 0 Å². The van der Waals surface area contributed by atoms with E-state index in [1.54, 1.807) is 6.07 Å². The van der Waals surface area contributed by atoms with Gasteiger partial charge in [-0.25, -0.2) is 4.39 Å². The summed E-state index contributed by atoms with van der Waals surface area (Å²) < 4.78 is 19.1. The van der Waals surface area contributed by atoms with Crippen molar-refractivity contribution in [3.8, 4) is 11.5 Å². The summed E-state index contributed by atoms with van der Waals surface area (Å²) >= 11 is 0. The molecule has 0 amide bonds. The zero-order chi connectivity index (χ0) is 13.2. The van der Waals surface area contributed by atoms with Crippen molar-refractivity contribution in [1.29, 1.82) is 0 Å². The molecule has 1 aliphatic carbocycles. The zero-order valence-corrected chi connectivity index (χ0v) is 10.7. The van der Waals surface area contributed by atoms with Crippen molar-refractivity contribution in [3.05, 3.63) is 58.9 Å². The molecule has 0 aliphatic heterocycles. The summed E-state index contributed by atoms with van der Waals surface area (Å²) in [5, 5.41) is 0. The molecule has 0 radical (unpaired) electrons. The lowest BCUT2D eigenvalue weighted by Gasteiger charge is -2.09. The highest BCUT2D eigenvalue weighted by atomic mass is 19.1. The first-order valence-electron chi connectivity index (χ1n) is 6.54. The van der Waals surface area contributed by atoms with Crippen LogP contribution in [0.1, 0.15) is 23.1 Å². The van der Waals surface area contributed by atoms with E-state index in [4.69, 9.17) is 10.5 Å². The SMILES string of the molecule is NCc1cc(F)cc(Oc2ccc3c(c2)CCC3)c1. The van der Waals surface area contributed by atoms with Crippen molar-refractivity contribution in [2.75, 3.05) is 0 Å². The maximum Gasteiger partial charge on any atom is 0.130 e. The molecule has 3 rings (SSSR count). The third-order valence-electron chi connectivity index (χ3n) is 3.47. The van der Waals surface area contributed by atoms with Crippen LogP contribution in [0.15, 0.2) is 36.4 Å². The average Bonchev–Trinajstić information content (AvgIpc) is 2.85. The lowest BCUT2D eigenvalue weighted by molar-refractivity contribution is 0.475. The van der Waals surface area contributed by atoms with Crippen molar-refractivity contribution in [2.24, 2.45) is 5.73 Å². The smallest absolute Gasteiger partial charge is 0.130 e. The Bertz CT molecular complexity index is 610. The van der Waals surface area contributed by atoms with E-state index in [9.17, 15) is 4.39 Å². The Morgan fingerprint density at radius 3 is 2.68 bits per heavy atom. The second-order valence-electron chi connectivity index (χ2n) is 4.89. The molecule has 0 heterocycles. The molecule has 0 aromatic heterocycles. The van der Waals surface area contributed by atoms with E-state index in [2.05, 4.69) is 12.1 Å². The molecule has 0 saturated heterocycles. The second-order valence-corrected chi connectivity index (χ2v) is 4.89. The number of nitrogens with two attached hydrogens (primary N) is 1. The van der Waals surface area contributed by atoms with Crippen LogP contribution in [0.4, 0.5) is 4.39 Å².